The largest absolute Gasteiger partial charge is 0.330 e. The maximum Gasteiger partial charge on any atom is 0.113 e. The van der Waals surface area contributed by atoms with Gasteiger partial charge in [-0.3, -0.25) is 0 Å². The summed E-state index contributed by atoms with van der Waals surface area (Å²) in [5, 5.41) is 2.31. The van der Waals surface area contributed by atoms with Gasteiger partial charge in [-0.25, -0.2) is 0 Å². The van der Waals surface area contributed by atoms with E-state index in [9.17, 15) is 0 Å². The van der Waals surface area contributed by atoms with Gasteiger partial charge in [-0.2, -0.15) is 0 Å². The van der Waals surface area contributed by atoms with Crippen molar-refractivity contribution in [3.63, 3.8) is 0 Å². The summed E-state index contributed by atoms with van der Waals surface area (Å²) in [4.78, 5) is 2.13. The van der Waals surface area contributed by atoms with Gasteiger partial charge in [-0.15, -0.1) is 23.5 Å². The minimum absolute atomic E-state index is 0.731. The molecule has 0 fully saturated rings. The first-order chi connectivity index (χ1) is 15.1. The first-order valence-electron chi connectivity index (χ1n) is 9.77. The van der Waals surface area contributed by atoms with Crippen molar-refractivity contribution in [2.75, 3.05) is 0 Å². The molecule has 0 aliphatic carbocycles. The van der Waals surface area contributed by atoms with Crippen LogP contribution >= 0.6 is 58.3 Å². The smallest absolute Gasteiger partial charge is 0.113 e. The number of aromatic nitrogens is 1. The highest BCUT2D eigenvalue weighted by Gasteiger charge is 2.15. The van der Waals surface area contributed by atoms with Gasteiger partial charge in [0, 0.05) is 33.5 Å². The van der Waals surface area contributed by atoms with Crippen LogP contribution in [0.1, 0.15) is 16.8 Å². The Labute approximate surface area is 206 Å². The van der Waals surface area contributed by atoms with Crippen LogP contribution in [0.15, 0.2) is 94.7 Å². The highest BCUT2D eigenvalue weighted by molar-refractivity contribution is 7.99. The molecule has 0 saturated heterocycles. The molecule has 1 heterocycles. The Morgan fingerprint density at radius 3 is 1.81 bits per heavy atom. The Bertz CT molecular complexity index is 1160. The van der Waals surface area contributed by atoms with Crippen molar-refractivity contribution in [2.24, 2.45) is 0 Å². The Morgan fingerprint density at radius 1 is 0.645 bits per heavy atom. The molecule has 0 radical (unpaired) electrons. The highest BCUT2D eigenvalue weighted by Crippen LogP contribution is 2.36. The van der Waals surface area contributed by atoms with Crippen molar-refractivity contribution >= 4 is 58.3 Å². The molecule has 1 nitrogen and oxygen atoms in total. The number of nitrogens with zero attached hydrogens (tertiary/aromatic N) is 1. The van der Waals surface area contributed by atoms with E-state index >= 15 is 0 Å². The summed E-state index contributed by atoms with van der Waals surface area (Å²) in [5.41, 5.74) is 3.50. The lowest BCUT2D eigenvalue weighted by Gasteiger charge is -2.12. The molecule has 4 aromatic rings. The molecule has 0 N–H and O–H groups in total. The number of halogens is 3. The summed E-state index contributed by atoms with van der Waals surface area (Å²) >= 11 is 23.0. The minimum Gasteiger partial charge on any atom is -0.330 e. The van der Waals surface area contributed by atoms with Crippen molar-refractivity contribution in [3.05, 3.63) is 117 Å². The fraction of sp³-hybridized carbons (Fsp3) is 0.120. The number of hydrogen-bond acceptors (Lipinski definition) is 2. The molecule has 0 atom stereocenters. The number of hydrogen-bond donors (Lipinski definition) is 0. The van der Waals surface area contributed by atoms with E-state index in [1.807, 2.05) is 54.6 Å². The predicted molar refractivity (Wildman–Crippen MR) is 137 cm³/mol. The second-order valence-corrected chi connectivity index (χ2v) is 10.2. The van der Waals surface area contributed by atoms with Crippen LogP contribution in [-0.4, -0.2) is 4.57 Å². The van der Waals surface area contributed by atoms with Crippen LogP contribution < -0.4 is 0 Å². The van der Waals surface area contributed by atoms with Crippen molar-refractivity contribution in [2.45, 2.75) is 27.8 Å². The van der Waals surface area contributed by atoms with Gasteiger partial charge >= 0.3 is 0 Å². The van der Waals surface area contributed by atoms with E-state index in [1.165, 1.54) is 11.3 Å². The zero-order chi connectivity index (χ0) is 21.6. The normalized spacial score (nSPS) is 11.1. The summed E-state index contributed by atoms with van der Waals surface area (Å²) in [5.74, 6) is 1.54. The quantitative estimate of drug-likeness (QED) is 0.220. The molecule has 0 unspecified atom stereocenters. The molecule has 31 heavy (non-hydrogen) atoms. The lowest BCUT2D eigenvalue weighted by Crippen LogP contribution is -2.04. The average molecular weight is 505 g/mol. The third kappa shape index (κ3) is 5.85. The van der Waals surface area contributed by atoms with Crippen LogP contribution in [0.2, 0.25) is 15.2 Å². The second kappa shape index (κ2) is 10.9. The standard InChI is InChI=1S/C25H20Cl3NS2/c26-21-10-4-6-12-23(21)30-16-19-14-20(17-31-24-13-7-5-11-22(24)27)29(25(19)28)15-18-8-2-1-3-9-18/h1-14H,15-17H2. The first-order valence-corrected chi connectivity index (χ1v) is 12.9. The average Bonchev–Trinajstić information content (AvgIpc) is 3.08. The Kier molecular flexibility index (Phi) is 7.97. The number of rotatable bonds is 8. The Hall–Kier alpha value is -1.49. The van der Waals surface area contributed by atoms with Crippen molar-refractivity contribution in [3.8, 4) is 0 Å². The molecule has 0 saturated carbocycles. The van der Waals surface area contributed by atoms with Crippen LogP contribution in [0.25, 0.3) is 0 Å². The molecule has 3 aromatic carbocycles. The van der Waals surface area contributed by atoms with Crippen LogP contribution in [0.4, 0.5) is 0 Å². The fourth-order valence-corrected chi connectivity index (χ4v) is 6.03. The van der Waals surface area contributed by atoms with E-state index in [1.54, 1.807) is 23.5 Å². The predicted octanol–water partition coefficient (Wildman–Crippen LogP) is 9.08. The SMILES string of the molecule is Clc1ccccc1SCc1cc(CSc2ccccc2Cl)n(Cc2ccccc2)c1Cl. The van der Waals surface area contributed by atoms with E-state index in [0.717, 1.165) is 48.6 Å². The van der Waals surface area contributed by atoms with Gasteiger partial charge in [0.25, 0.3) is 0 Å². The maximum atomic E-state index is 6.88. The third-order valence-electron chi connectivity index (χ3n) is 4.81. The summed E-state index contributed by atoms with van der Waals surface area (Å²) in [6.07, 6.45) is 0. The summed E-state index contributed by atoms with van der Waals surface area (Å²) in [6.45, 7) is 0.731. The zero-order valence-electron chi connectivity index (χ0n) is 16.6. The van der Waals surface area contributed by atoms with E-state index in [-0.39, 0.29) is 0 Å². The van der Waals surface area contributed by atoms with Crippen molar-refractivity contribution < 1.29 is 0 Å². The van der Waals surface area contributed by atoms with Crippen LogP contribution in [0.5, 0.6) is 0 Å². The van der Waals surface area contributed by atoms with Gasteiger partial charge in [0.05, 0.1) is 10.0 Å². The molecule has 0 aliphatic rings. The lowest BCUT2D eigenvalue weighted by atomic mass is 10.2. The second-order valence-electron chi connectivity index (χ2n) is 6.96. The van der Waals surface area contributed by atoms with E-state index in [2.05, 4.69) is 34.9 Å². The van der Waals surface area contributed by atoms with Crippen molar-refractivity contribution in [1.82, 2.24) is 4.57 Å². The summed E-state index contributed by atoms with van der Waals surface area (Å²) in [7, 11) is 0. The molecule has 158 valence electrons. The molecular formula is C25H20Cl3NS2. The van der Waals surface area contributed by atoms with Crippen LogP contribution in [-0.2, 0) is 18.1 Å². The highest BCUT2D eigenvalue weighted by atomic mass is 35.5. The van der Waals surface area contributed by atoms with Crippen LogP contribution in [0, 0.1) is 0 Å². The minimum atomic E-state index is 0.731. The van der Waals surface area contributed by atoms with Crippen molar-refractivity contribution in [1.29, 1.82) is 0 Å². The molecule has 6 heteroatoms. The lowest BCUT2D eigenvalue weighted by molar-refractivity contribution is 0.771. The fourth-order valence-electron chi connectivity index (χ4n) is 3.23. The van der Waals surface area contributed by atoms with Gasteiger partial charge in [0.15, 0.2) is 0 Å². The number of thioether (sulfide) groups is 2. The summed E-state index contributed by atoms with van der Waals surface area (Å²) < 4.78 is 2.20. The third-order valence-corrected chi connectivity index (χ3v) is 8.36. The summed E-state index contributed by atoms with van der Waals surface area (Å²) in [6, 6.07) is 28.4. The number of benzene rings is 3. The molecule has 0 amide bonds. The molecule has 0 aliphatic heterocycles. The van der Waals surface area contributed by atoms with E-state index in [0.29, 0.717) is 0 Å². The van der Waals surface area contributed by atoms with E-state index < -0.39 is 0 Å². The van der Waals surface area contributed by atoms with Gasteiger partial charge in [0.2, 0.25) is 0 Å². The molecule has 0 bridgehead atoms. The first kappa shape index (κ1) is 22.7. The van der Waals surface area contributed by atoms with Gasteiger partial charge < -0.3 is 4.57 Å². The van der Waals surface area contributed by atoms with E-state index in [4.69, 9.17) is 34.8 Å². The van der Waals surface area contributed by atoms with Gasteiger partial charge in [-0.1, -0.05) is 89.4 Å². The molecule has 4 rings (SSSR count). The Balaban J connectivity index is 1.59. The van der Waals surface area contributed by atoms with Crippen LogP contribution in [0.3, 0.4) is 0 Å². The zero-order valence-corrected chi connectivity index (χ0v) is 20.5. The van der Waals surface area contributed by atoms with Gasteiger partial charge in [-0.05, 0) is 41.5 Å². The molecule has 0 spiro atoms. The molecular weight excluding hydrogens is 485 g/mol. The van der Waals surface area contributed by atoms with Gasteiger partial charge in [0.1, 0.15) is 5.15 Å². The maximum absolute atomic E-state index is 6.88. The monoisotopic (exact) mass is 503 g/mol. The molecule has 1 aromatic heterocycles. The topological polar surface area (TPSA) is 4.93 Å². The Morgan fingerprint density at radius 2 is 1.19 bits per heavy atom.